The van der Waals surface area contributed by atoms with Gasteiger partial charge in [-0.25, -0.2) is 0 Å². The van der Waals surface area contributed by atoms with E-state index < -0.39 is 0 Å². The van der Waals surface area contributed by atoms with Gasteiger partial charge in [-0.2, -0.15) is 10.5 Å². The second-order valence-corrected chi connectivity index (χ2v) is 5.28. The monoisotopic (exact) mass is 250 g/mol. The van der Waals surface area contributed by atoms with Crippen LogP contribution in [0.1, 0.15) is 24.0 Å². The number of hydrogen-bond donors (Lipinski definition) is 0. The van der Waals surface area contributed by atoms with E-state index >= 15 is 0 Å². The molecule has 2 aliphatic carbocycles. The Balaban J connectivity index is 1.66. The molecule has 0 amide bonds. The normalized spacial score (nSPS) is 26.9. The Morgan fingerprint density at radius 1 is 1.11 bits per heavy atom. The van der Waals surface area contributed by atoms with Gasteiger partial charge < -0.3 is 4.74 Å². The average Bonchev–Trinajstić information content (AvgIpc) is 3.07. The van der Waals surface area contributed by atoms with Crippen LogP contribution in [-0.2, 0) is 0 Å². The number of nitrogens with zero attached hydrogens (tertiary/aromatic N) is 2. The summed E-state index contributed by atoms with van der Waals surface area (Å²) in [5, 5.41) is 17.8. The molecule has 0 aliphatic heterocycles. The molecule has 1 saturated carbocycles. The number of nitriles is 2. The molecular weight excluding hydrogens is 236 g/mol. The molecule has 19 heavy (non-hydrogen) atoms. The van der Waals surface area contributed by atoms with Crippen LogP contribution in [0.3, 0.4) is 0 Å². The number of ether oxygens (including phenoxy) is 1. The van der Waals surface area contributed by atoms with Gasteiger partial charge in [-0.3, -0.25) is 0 Å². The van der Waals surface area contributed by atoms with Gasteiger partial charge in [0.25, 0.3) is 0 Å². The van der Waals surface area contributed by atoms with Crippen LogP contribution in [0.25, 0.3) is 0 Å². The van der Waals surface area contributed by atoms with Gasteiger partial charge >= 0.3 is 0 Å². The lowest BCUT2D eigenvalue weighted by atomic mass is 9.94. The maximum atomic E-state index is 8.97. The summed E-state index contributed by atoms with van der Waals surface area (Å²) in [6.45, 7) is 0.697. The number of hydrogen-bond acceptors (Lipinski definition) is 3. The van der Waals surface area contributed by atoms with E-state index in [-0.39, 0.29) is 0 Å². The maximum absolute atomic E-state index is 8.97. The molecule has 3 nitrogen and oxygen atoms in total. The van der Waals surface area contributed by atoms with E-state index in [9.17, 15) is 0 Å². The topological polar surface area (TPSA) is 56.8 Å². The van der Waals surface area contributed by atoms with E-state index in [0.717, 1.165) is 5.92 Å². The molecule has 94 valence electrons. The van der Waals surface area contributed by atoms with E-state index in [2.05, 4.69) is 12.2 Å². The zero-order chi connectivity index (χ0) is 13.2. The van der Waals surface area contributed by atoms with Crippen molar-refractivity contribution in [3.05, 3.63) is 41.5 Å². The minimum atomic E-state index is 0.382. The van der Waals surface area contributed by atoms with Gasteiger partial charge in [-0.1, -0.05) is 12.2 Å². The van der Waals surface area contributed by atoms with E-state index in [0.29, 0.717) is 35.3 Å². The molecule has 2 aliphatic rings. The molecule has 3 heteroatoms. The van der Waals surface area contributed by atoms with Crippen LogP contribution < -0.4 is 4.74 Å². The van der Waals surface area contributed by atoms with E-state index in [1.165, 1.54) is 12.8 Å². The van der Waals surface area contributed by atoms with Gasteiger partial charge in [0.05, 0.1) is 17.7 Å². The molecule has 3 rings (SSSR count). The zero-order valence-electron chi connectivity index (χ0n) is 10.5. The van der Waals surface area contributed by atoms with Crippen molar-refractivity contribution in [1.29, 1.82) is 10.5 Å². The molecule has 3 unspecified atom stereocenters. The summed E-state index contributed by atoms with van der Waals surface area (Å²) >= 11 is 0. The van der Waals surface area contributed by atoms with Crippen LogP contribution in [0, 0.1) is 40.4 Å². The summed E-state index contributed by atoms with van der Waals surface area (Å²) in [5.41, 5.74) is 0.783. The number of allylic oxidation sites excluding steroid dienone is 2. The van der Waals surface area contributed by atoms with Crippen molar-refractivity contribution in [2.24, 2.45) is 17.8 Å². The van der Waals surface area contributed by atoms with Crippen molar-refractivity contribution < 1.29 is 4.74 Å². The predicted octanol–water partition coefficient (Wildman–Crippen LogP) is 3.02. The molecule has 0 N–H and O–H groups in total. The summed E-state index contributed by atoms with van der Waals surface area (Å²) in [7, 11) is 0. The summed E-state index contributed by atoms with van der Waals surface area (Å²) in [4.78, 5) is 0. The molecule has 1 aromatic carbocycles. The van der Waals surface area contributed by atoms with Crippen LogP contribution in [0.4, 0.5) is 0 Å². The van der Waals surface area contributed by atoms with Crippen molar-refractivity contribution in [2.45, 2.75) is 12.8 Å². The zero-order valence-corrected chi connectivity index (χ0v) is 10.5. The fraction of sp³-hybridized carbons (Fsp3) is 0.375. The van der Waals surface area contributed by atoms with Gasteiger partial charge in [-0.15, -0.1) is 0 Å². The van der Waals surface area contributed by atoms with E-state index in [1.807, 2.05) is 12.1 Å². The lowest BCUT2D eigenvalue weighted by molar-refractivity contribution is 0.227. The number of fused-ring (bicyclic) bond motifs is 2. The number of rotatable bonds is 3. The second-order valence-electron chi connectivity index (χ2n) is 5.28. The lowest BCUT2D eigenvalue weighted by Gasteiger charge is -2.18. The highest BCUT2D eigenvalue weighted by Gasteiger charge is 2.35. The van der Waals surface area contributed by atoms with Crippen LogP contribution in [0.2, 0.25) is 0 Å². The Labute approximate surface area is 112 Å². The largest absolute Gasteiger partial charge is 0.493 e. The van der Waals surface area contributed by atoms with Crippen molar-refractivity contribution in [3.8, 4) is 17.9 Å². The van der Waals surface area contributed by atoms with Crippen molar-refractivity contribution in [2.75, 3.05) is 6.61 Å². The first-order valence-corrected chi connectivity index (χ1v) is 6.55. The van der Waals surface area contributed by atoms with Gasteiger partial charge in [0.2, 0.25) is 0 Å². The molecule has 0 aromatic heterocycles. The fourth-order valence-corrected chi connectivity index (χ4v) is 3.09. The minimum Gasteiger partial charge on any atom is -0.493 e. The minimum absolute atomic E-state index is 0.382. The van der Waals surface area contributed by atoms with Crippen molar-refractivity contribution in [3.63, 3.8) is 0 Å². The van der Waals surface area contributed by atoms with Crippen LogP contribution in [0.15, 0.2) is 30.4 Å². The standard InChI is InChI=1S/C16H14N2O/c17-8-13-3-4-16(7-14(13)9-18)19-10-15-6-11-1-2-12(15)5-11/h1-4,7,11-12,15H,5-6,10H2. The van der Waals surface area contributed by atoms with Gasteiger partial charge in [0.15, 0.2) is 0 Å². The fourth-order valence-electron chi connectivity index (χ4n) is 3.09. The summed E-state index contributed by atoms with van der Waals surface area (Å²) in [6.07, 6.45) is 7.10. The highest BCUT2D eigenvalue weighted by molar-refractivity contribution is 5.49. The quantitative estimate of drug-likeness (QED) is 0.775. The summed E-state index contributed by atoms with van der Waals surface area (Å²) in [6, 6.07) is 9.10. The molecule has 2 bridgehead atoms. The van der Waals surface area contributed by atoms with Crippen LogP contribution >= 0.6 is 0 Å². The Morgan fingerprint density at radius 2 is 1.95 bits per heavy atom. The van der Waals surface area contributed by atoms with Crippen LogP contribution in [0.5, 0.6) is 5.75 Å². The molecular formula is C16H14N2O. The predicted molar refractivity (Wildman–Crippen MR) is 70.2 cm³/mol. The third-order valence-corrected chi connectivity index (χ3v) is 4.11. The van der Waals surface area contributed by atoms with Crippen molar-refractivity contribution in [1.82, 2.24) is 0 Å². The molecule has 1 aromatic rings. The first-order valence-electron chi connectivity index (χ1n) is 6.55. The lowest BCUT2D eigenvalue weighted by Crippen LogP contribution is -2.16. The second kappa shape index (κ2) is 4.78. The SMILES string of the molecule is N#Cc1ccc(OCC2CC3C=CC2C3)cc1C#N. The average molecular weight is 250 g/mol. The Bertz CT molecular complexity index is 606. The van der Waals surface area contributed by atoms with Crippen LogP contribution in [-0.4, -0.2) is 6.61 Å². The smallest absolute Gasteiger partial charge is 0.120 e. The Hall–Kier alpha value is -2.26. The third-order valence-electron chi connectivity index (χ3n) is 4.11. The molecule has 1 fully saturated rings. The number of benzene rings is 1. The van der Waals surface area contributed by atoms with Gasteiger partial charge in [0, 0.05) is 0 Å². The first-order chi connectivity index (χ1) is 9.30. The Morgan fingerprint density at radius 3 is 2.58 bits per heavy atom. The highest BCUT2D eigenvalue weighted by atomic mass is 16.5. The maximum Gasteiger partial charge on any atom is 0.120 e. The summed E-state index contributed by atoms with van der Waals surface area (Å²) in [5.74, 6) is 2.69. The summed E-state index contributed by atoms with van der Waals surface area (Å²) < 4.78 is 5.79. The molecule has 0 heterocycles. The highest BCUT2D eigenvalue weighted by Crippen LogP contribution is 2.43. The molecule has 0 spiro atoms. The van der Waals surface area contributed by atoms with E-state index in [4.69, 9.17) is 15.3 Å². The van der Waals surface area contributed by atoms with Crippen molar-refractivity contribution >= 4 is 0 Å². The first kappa shape index (κ1) is 11.8. The molecule has 3 atom stereocenters. The molecule has 0 radical (unpaired) electrons. The third kappa shape index (κ3) is 2.20. The molecule has 0 saturated heterocycles. The van der Waals surface area contributed by atoms with Gasteiger partial charge in [0.1, 0.15) is 17.9 Å². The van der Waals surface area contributed by atoms with E-state index in [1.54, 1.807) is 18.2 Å². The van der Waals surface area contributed by atoms with Gasteiger partial charge in [-0.05, 0) is 48.8 Å². The Kier molecular flexibility index (Phi) is 2.97.